The number of ether oxygens (including phenoxy) is 2. The smallest absolute Gasteiger partial charge is 0.167 e. The van der Waals surface area contributed by atoms with Gasteiger partial charge in [-0.15, -0.1) is 0 Å². The summed E-state index contributed by atoms with van der Waals surface area (Å²) in [5, 5.41) is 10.8. The summed E-state index contributed by atoms with van der Waals surface area (Å²) in [6, 6.07) is 3.43. The van der Waals surface area contributed by atoms with E-state index in [-0.39, 0.29) is 6.10 Å². The predicted molar refractivity (Wildman–Crippen MR) is 75.2 cm³/mol. The van der Waals surface area contributed by atoms with E-state index in [1.54, 1.807) is 33.1 Å². The summed E-state index contributed by atoms with van der Waals surface area (Å²) in [6.07, 6.45) is 0.126. The molecule has 106 valence electrons. The van der Waals surface area contributed by atoms with Gasteiger partial charge in [-0.3, -0.25) is 4.90 Å². The Morgan fingerprint density at radius 3 is 2.47 bits per heavy atom. The number of likely N-dealkylation sites (N-methyl/N-ethyl adjacent to an activating group) is 1. The molecule has 0 aliphatic carbocycles. The van der Waals surface area contributed by atoms with Crippen molar-refractivity contribution in [2.24, 2.45) is 0 Å². The van der Waals surface area contributed by atoms with Crippen molar-refractivity contribution in [2.75, 3.05) is 27.2 Å². The summed E-state index contributed by atoms with van der Waals surface area (Å²) in [5.41, 5.74) is -0.394. The molecule has 1 aliphatic rings. The van der Waals surface area contributed by atoms with Crippen molar-refractivity contribution in [3.05, 3.63) is 22.7 Å². The number of methoxy groups -OCH3 is 1. The van der Waals surface area contributed by atoms with Crippen LogP contribution in [0.2, 0.25) is 5.02 Å². The highest BCUT2D eigenvalue weighted by Crippen LogP contribution is 2.41. The fraction of sp³-hybridized carbons (Fsp3) is 0.571. The highest BCUT2D eigenvalue weighted by atomic mass is 35.5. The first-order valence-corrected chi connectivity index (χ1v) is 6.64. The molecule has 1 fully saturated rings. The zero-order valence-corrected chi connectivity index (χ0v) is 12.5. The topological polar surface area (TPSA) is 41.9 Å². The lowest BCUT2D eigenvalue weighted by Crippen LogP contribution is -2.51. The fourth-order valence-corrected chi connectivity index (χ4v) is 2.39. The van der Waals surface area contributed by atoms with Crippen molar-refractivity contribution in [3.63, 3.8) is 0 Å². The van der Waals surface area contributed by atoms with Gasteiger partial charge in [0.2, 0.25) is 0 Å². The van der Waals surface area contributed by atoms with Crippen LogP contribution in [0.15, 0.2) is 12.1 Å². The van der Waals surface area contributed by atoms with E-state index in [0.29, 0.717) is 22.1 Å². The van der Waals surface area contributed by atoms with Gasteiger partial charge in [0, 0.05) is 29.7 Å². The number of halogens is 1. The maximum Gasteiger partial charge on any atom is 0.167 e. The third-order valence-corrected chi connectivity index (χ3v) is 3.43. The van der Waals surface area contributed by atoms with Crippen molar-refractivity contribution in [1.82, 2.24) is 4.90 Å². The van der Waals surface area contributed by atoms with Crippen LogP contribution in [-0.4, -0.2) is 43.4 Å². The molecule has 2 rings (SSSR count). The van der Waals surface area contributed by atoms with E-state index in [9.17, 15) is 5.11 Å². The van der Waals surface area contributed by atoms with Gasteiger partial charge in [-0.1, -0.05) is 11.6 Å². The Morgan fingerprint density at radius 2 is 2.00 bits per heavy atom. The molecule has 1 saturated heterocycles. The minimum absolute atomic E-state index is 0.126. The number of likely N-dealkylation sites (tertiary alicyclic amines) is 1. The average molecular weight is 286 g/mol. The van der Waals surface area contributed by atoms with Crippen molar-refractivity contribution in [1.29, 1.82) is 0 Å². The molecule has 1 aromatic rings. The fourth-order valence-electron chi connectivity index (χ4n) is 2.18. The van der Waals surface area contributed by atoms with E-state index < -0.39 is 5.60 Å². The number of hydrogen-bond donors (Lipinski definition) is 1. The van der Waals surface area contributed by atoms with Crippen molar-refractivity contribution in [2.45, 2.75) is 25.6 Å². The quantitative estimate of drug-likeness (QED) is 0.921. The van der Waals surface area contributed by atoms with Gasteiger partial charge in [0.05, 0.1) is 12.7 Å². The first-order valence-electron chi connectivity index (χ1n) is 6.27. The summed E-state index contributed by atoms with van der Waals surface area (Å²) < 4.78 is 11.3. The molecule has 1 aromatic carbocycles. The lowest BCUT2D eigenvalue weighted by Gasteiger charge is -2.37. The number of hydrogen-bond acceptors (Lipinski definition) is 4. The monoisotopic (exact) mass is 285 g/mol. The predicted octanol–water partition coefficient (Wildman–Crippen LogP) is 2.27. The number of rotatable bonds is 4. The second kappa shape index (κ2) is 5.19. The molecule has 5 heteroatoms. The third-order valence-electron chi connectivity index (χ3n) is 3.21. The molecule has 0 radical (unpaired) electrons. The second-order valence-electron chi connectivity index (χ2n) is 5.50. The molecular formula is C14H20ClNO3. The molecule has 0 atom stereocenters. The van der Waals surface area contributed by atoms with Crippen LogP contribution in [-0.2, 0) is 5.60 Å². The van der Waals surface area contributed by atoms with Crippen molar-refractivity contribution >= 4 is 11.6 Å². The first-order chi connectivity index (χ1) is 8.81. The highest BCUT2D eigenvalue weighted by Gasteiger charge is 2.30. The molecule has 0 saturated carbocycles. The molecule has 0 aromatic heterocycles. The van der Waals surface area contributed by atoms with Crippen LogP contribution in [0, 0.1) is 0 Å². The van der Waals surface area contributed by atoms with Gasteiger partial charge in [0.1, 0.15) is 6.10 Å². The molecule has 19 heavy (non-hydrogen) atoms. The van der Waals surface area contributed by atoms with E-state index >= 15 is 0 Å². The Balaban J connectivity index is 2.37. The SMILES string of the molecule is COc1cc(Cl)cc(C(C)(C)O)c1OC1CN(C)C1. The van der Waals surface area contributed by atoms with E-state index in [1.165, 1.54) is 0 Å². The lowest BCUT2D eigenvalue weighted by molar-refractivity contribution is 0.0274. The molecule has 0 spiro atoms. The van der Waals surface area contributed by atoms with Crippen LogP contribution >= 0.6 is 11.6 Å². The van der Waals surface area contributed by atoms with Crippen LogP contribution in [0.1, 0.15) is 19.4 Å². The minimum Gasteiger partial charge on any atom is -0.493 e. The molecule has 0 bridgehead atoms. The summed E-state index contributed by atoms with van der Waals surface area (Å²) in [4.78, 5) is 2.16. The van der Waals surface area contributed by atoms with Gasteiger partial charge in [-0.2, -0.15) is 0 Å². The molecule has 1 heterocycles. The summed E-state index contributed by atoms with van der Waals surface area (Å²) >= 11 is 6.06. The standard InChI is InChI=1S/C14H20ClNO3/c1-14(2,17)11-5-9(15)6-12(18-4)13(11)19-10-7-16(3)8-10/h5-6,10,17H,7-8H2,1-4H3. The van der Waals surface area contributed by atoms with Gasteiger partial charge >= 0.3 is 0 Å². The van der Waals surface area contributed by atoms with Crippen molar-refractivity contribution in [3.8, 4) is 11.5 Å². The normalized spacial score (nSPS) is 17.2. The molecule has 0 amide bonds. The maximum atomic E-state index is 10.3. The number of aliphatic hydroxyl groups is 1. The summed E-state index contributed by atoms with van der Waals surface area (Å²) in [7, 11) is 3.61. The highest BCUT2D eigenvalue weighted by molar-refractivity contribution is 6.30. The molecule has 1 aliphatic heterocycles. The van der Waals surface area contributed by atoms with Crippen LogP contribution in [0.5, 0.6) is 11.5 Å². The van der Waals surface area contributed by atoms with Gasteiger partial charge in [-0.25, -0.2) is 0 Å². The van der Waals surface area contributed by atoms with E-state index in [2.05, 4.69) is 4.90 Å². The van der Waals surface area contributed by atoms with Crippen LogP contribution in [0.3, 0.4) is 0 Å². The Kier molecular flexibility index (Phi) is 3.95. The minimum atomic E-state index is -1.04. The summed E-state index contributed by atoms with van der Waals surface area (Å²) in [6.45, 7) is 5.16. The number of nitrogens with zero attached hydrogens (tertiary/aromatic N) is 1. The van der Waals surface area contributed by atoms with Crippen LogP contribution in [0.25, 0.3) is 0 Å². The average Bonchev–Trinajstić information content (AvgIpc) is 2.27. The van der Waals surface area contributed by atoms with Gasteiger partial charge in [0.15, 0.2) is 11.5 Å². The zero-order valence-electron chi connectivity index (χ0n) is 11.7. The van der Waals surface area contributed by atoms with E-state index in [4.69, 9.17) is 21.1 Å². The Bertz CT molecular complexity index is 464. The third kappa shape index (κ3) is 3.14. The van der Waals surface area contributed by atoms with Crippen LogP contribution in [0.4, 0.5) is 0 Å². The lowest BCUT2D eigenvalue weighted by atomic mass is 9.96. The van der Waals surface area contributed by atoms with Gasteiger partial charge < -0.3 is 14.6 Å². The molecule has 1 N–H and O–H groups in total. The second-order valence-corrected chi connectivity index (χ2v) is 5.94. The Morgan fingerprint density at radius 1 is 1.37 bits per heavy atom. The summed E-state index contributed by atoms with van der Waals surface area (Å²) in [5.74, 6) is 1.14. The zero-order chi connectivity index (χ0) is 14.2. The Labute approximate surface area is 118 Å². The molecule has 0 unspecified atom stereocenters. The van der Waals surface area contributed by atoms with Crippen LogP contribution < -0.4 is 9.47 Å². The van der Waals surface area contributed by atoms with Gasteiger partial charge in [0.25, 0.3) is 0 Å². The molecular weight excluding hydrogens is 266 g/mol. The maximum absolute atomic E-state index is 10.3. The largest absolute Gasteiger partial charge is 0.493 e. The van der Waals surface area contributed by atoms with Gasteiger partial charge in [-0.05, 0) is 27.0 Å². The Hall–Kier alpha value is -0.970. The van der Waals surface area contributed by atoms with E-state index in [1.807, 2.05) is 7.05 Å². The first kappa shape index (κ1) is 14.4. The van der Waals surface area contributed by atoms with E-state index in [0.717, 1.165) is 13.1 Å². The molecule has 4 nitrogen and oxygen atoms in total. The number of benzene rings is 1. The van der Waals surface area contributed by atoms with Crippen molar-refractivity contribution < 1.29 is 14.6 Å².